The second-order valence-corrected chi connectivity index (χ2v) is 9.71. The van der Waals surface area contributed by atoms with Gasteiger partial charge in [0.2, 0.25) is 5.91 Å². The molecule has 1 fully saturated rings. The van der Waals surface area contributed by atoms with E-state index in [2.05, 4.69) is 14.7 Å². The van der Waals surface area contributed by atoms with Crippen molar-refractivity contribution in [2.24, 2.45) is 7.05 Å². The minimum Gasteiger partial charge on any atom is -0.379 e. The van der Waals surface area contributed by atoms with Crippen LogP contribution >= 0.6 is 0 Å². The molecular weight excluding hydrogens is 473 g/mol. The molecule has 1 amide bonds. The third-order valence-electron chi connectivity index (χ3n) is 7.40. The van der Waals surface area contributed by atoms with Gasteiger partial charge in [-0.05, 0) is 36.1 Å². The van der Waals surface area contributed by atoms with Gasteiger partial charge in [-0.15, -0.1) is 0 Å². The van der Waals surface area contributed by atoms with E-state index in [-0.39, 0.29) is 17.5 Å². The lowest BCUT2D eigenvalue weighted by Gasteiger charge is -2.28. The first-order valence-corrected chi connectivity index (χ1v) is 12.2. The summed E-state index contributed by atoms with van der Waals surface area (Å²) in [6.45, 7) is 4.74. The number of carbonyl (C=O) groups excluding carboxylic acids is 1. The summed E-state index contributed by atoms with van der Waals surface area (Å²) in [6, 6.07) is 5.60. The molecule has 1 atom stereocenters. The van der Waals surface area contributed by atoms with Crippen molar-refractivity contribution >= 4 is 17.4 Å². The number of hydrogen-bond donors (Lipinski definition) is 0. The Morgan fingerprint density at radius 1 is 1.17 bits per heavy atom. The number of rotatable bonds is 3. The van der Waals surface area contributed by atoms with Gasteiger partial charge in [0.1, 0.15) is 0 Å². The van der Waals surface area contributed by atoms with Gasteiger partial charge in [-0.1, -0.05) is 6.07 Å². The Hall–Kier alpha value is -3.34. The molecule has 3 aliphatic rings. The van der Waals surface area contributed by atoms with Gasteiger partial charge in [-0.2, -0.15) is 23.4 Å². The Bertz CT molecular complexity index is 1340. The molecule has 0 spiro atoms. The van der Waals surface area contributed by atoms with Crippen molar-refractivity contribution < 1.29 is 22.7 Å². The first-order valence-electron chi connectivity index (χ1n) is 12.2. The number of halogens is 3. The molecule has 0 radical (unpaired) electrons. The predicted octanol–water partition coefficient (Wildman–Crippen LogP) is 3.86. The summed E-state index contributed by atoms with van der Waals surface area (Å²) in [5.74, 6) is 0.860. The number of aromatic nitrogens is 4. The topological polar surface area (TPSA) is 68.4 Å². The van der Waals surface area contributed by atoms with Crippen molar-refractivity contribution in [1.29, 1.82) is 0 Å². The molecule has 0 aliphatic carbocycles. The van der Waals surface area contributed by atoms with Gasteiger partial charge in [0.05, 0.1) is 19.2 Å². The Kier molecular flexibility index (Phi) is 5.36. The number of hydrogen-bond acceptors (Lipinski definition) is 5. The van der Waals surface area contributed by atoms with Crippen molar-refractivity contribution in [3.8, 4) is 11.1 Å². The SMILES string of the molecule is CC(=O)N1CCc2c(c(N3CCc4cc(-c5cn(C)nc5C(F)(F)F)ccc43)nn2[C@H]2CCOC2)C1. The number of aryl methyl sites for hydroxylation is 1. The van der Waals surface area contributed by atoms with Gasteiger partial charge in [0.25, 0.3) is 0 Å². The largest absolute Gasteiger partial charge is 0.435 e. The van der Waals surface area contributed by atoms with Crippen LogP contribution in [0.2, 0.25) is 0 Å². The van der Waals surface area contributed by atoms with Crippen molar-refractivity contribution in [2.75, 3.05) is 31.2 Å². The first kappa shape index (κ1) is 23.1. The van der Waals surface area contributed by atoms with E-state index < -0.39 is 11.9 Å². The fourth-order valence-electron chi connectivity index (χ4n) is 5.63. The number of ether oxygens (including phenoxy) is 1. The number of anilines is 2. The zero-order valence-corrected chi connectivity index (χ0v) is 20.2. The Morgan fingerprint density at radius 3 is 2.72 bits per heavy atom. The molecule has 1 aromatic carbocycles. The van der Waals surface area contributed by atoms with Gasteiger partial charge >= 0.3 is 6.18 Å². The average Bonchev–Trinajstić information content (AvgIpc) is 3.62. The lowest BCUT2D eigenvalue weighted by molar-refractivity contribution is -0.141. The van der Waals surface area contributed by atoms with Crippen molar-refractivity contribution in [1.82, 2.24) is 24.5 Å². The molecule has 1 saturated heterocycles. The van der Waals surface area contributed by atoms with Crippen LogP contribution in [0.4, 0.5) is 24.7 Å². The summed E-state index contributed by atoms with van der Waals surface area (Å²) in [4.78, 5) is 16.1. The van der Waals surface area contributed by atoms with Crippen LogP contribution in [-0.2, 0) is 42.1 Å². The second kappa shape index (κ2) is 8.36. The number of amides is 1. The highest BCUT2D eigenvalue weighted by molar-refractivity contribution is 5.77. The van der Waals surface area contributed by atoms with Crippen molar-refractivity contribution in [2.45, 2.75) is 44.9 Å². The molecule has 0 bridgehead atoms. The van der Waals surface area contributed by atoms with Crippen LogP contribution in [0.25, 0.3) is 11.1 Å². The van der Waals surface area contributed by atoms with Gasteiger partial charge in [-0.25, -0.2) is 0 Å². The van der Waals surface area contributed by atoms with E-state index in [4.69, 9.17) is 9.84 Å². The van der Waals surface area contributed by atoms with E-state index in [1.165, 1.54) is 17.9 Å². The molecule has 6 rings (SSSR count). The van der Waals surface area contributed by atoms with Crippen LogP contribution in [0.5, 0.6) is 0 Å². The highest BCUT2D eigenvalue weighted by atomic mass is 19.4. The van der Waals surface area contributed by atoms with Crippen molar-refractivity contribution in [3.05, 3.63) is 46.9 Å². The maximum atomic E-state index is 13.6. The highest BCUT2D eigenvalue weighted by Crippen LogP contribution is 2.42. The average molecular weight is 501 g/mol. The van der Waals surface area contributed by atoms with Crippen LogP contribution in [0.1, 0.15) is 41.9 Å². The smallest absolute Gasteiger partial charge is 0.379 e. The summed E-state index contributed by atoms with van der Waals surface area (Å²) in [5, 5.41) is 8.69. The van der Waals surface area contributed by atoms with E-state index in [0.29, 0.717) is 44.8 Å². The maximum Gasteiger partial charge on any atom is 0.435 e. The van der Waals surface area contributed by atoms with Gasteiger partial charge in [0, 0.05) is 68.8 Å². The standard InChI is InChI=1S/C25H27F3N6O2/c1-15(35)32-8-6-22-20(13-32)24(30-34(22)18-7-10-36-14-18)33-9-5-17-11-16(3-4-21(17)33)19-12-31(2)29-23(19)25(26,27)28/h3-4,11-12,18H,5-10,13-14H2,1-2H3/t18-/m0/s1. The van der Waals surface area contributed by atoms with Gasteiger partial charge in [-0.3, -0.25) is 14.2 Å². The number of carbonyl (C=O) groups is 1. The normalized spacial score (nSPS) is 19.6. The first-order chi connectivity index (χ1) is 17.2. The number of benzene rings is 1. The quantitative estimate of drug-likeness (QED) is 0.547. The third kappa shape index (κ3) is 3.76. The van der Waals surface area contributed by atoms with E-state index in [1.807, 2.05) is 17.0 Å². The Labute approximate surface area is 206 Å². The zero-order chi connectivity index (χ0) is 25.2. The van der Waals surface area contributed by atoms with Crippen LogP contribution in [-0.4, -0.2) is 56.7 Å². The molecule has 11 heteroatoms. The lowest BCUT2D eigenvalue weighted by Crippen LogP contribution is -2.35. The lowest BCUT2D eigenvalue weighted by atomic mass is 10.0. The molecule has 36 heavy (non-hydrogen) atoms. The molecule has 0 saturated carbocycles. The summed E-state index contributed by atoms with van der Waals surface area (Å²) >= 11 is 0. The molecule has 3 aliphatic heterocycles. The van der Waals surface area contributed by atoms with E-state index in [9.17, 15) is 18.0 Å². The fourth-order valence-corrected chi connectivity index (χ4v) is 5.63. The van der Waals surface area contributed by atoms with Crippen LogP contribution in [0.15, 0.2) is 24.4 Å². The molecular formula is C25H27F3N6O2. The molecule has 0 N–H and O–H groups in total. The summed E-state index contributed by atoms with van der Waals surface area (Å²) in [6.07, 6.45) is -0.791. The molecule has 0 unspecified atom stereocenters. The highest BCUT2D eigenvalue weighted by Gasteiger charge is 2.38. The van der Waals surface area contributed by atoms with Crippen LogP contribution in [0, 0.1) is 0 Å². The number of nitrogens with zero attached hydrogens (tertiary/aromatic N) is 6. The fraction of sp³-hybridized carbons (Fsp3) is 0.480. The summed E-state index contributed by atoms with van der Waals surface area (Å²) < 4.78 is 49.6. The zero-order valence-electron chi connectivity index (χ0n) is 20.2. The van der Waals surface area contributed by atoms with E-state index >= 15 is 0 Å². The summed E-state index contributed by atoms with van der Waals surface area (Å²) in [7, 11) is 1.49. The molecule has 2 aromatic heterocycles. The maximum absolute atomic E-state index is 13.6. The Morgan fingerprint density at radius 2 is 2.00 bits per heavy atom. The van der Waals surface area contributed by atoms with E-state index in [0.717, 1.165) is 41.2 Å². The van der Waals surface area contributed by atoms with Gasteiger partial charge < -0.3 is 14.5 Å². The monoisotopic (exact) mass is 500 g/mol. The third-order valence-corrected chi connectivity index (χ3v) is 7.40. The van der Waals surface area contributed by atoms with Gasteiger partial charge in [0.15, 0.2) is 11.5 Å². The van der Waals surface area contributed by atoms with Crippen LogP contribution in [0.3, 0.4) is 0 Å². The van der Waals surface area contributed by atoms with Crippen LogP contribution < -0.4 is 4.90 Å². The Balaban J connectivity index is 1.39. The summed E-state index contributed by atoms with van der Waals surface area (Å²) in [5.41, 5.74) is 3.79. The van der Waals surface area contributed by atoms with E-state index in [1.54, 1.807) is 13.0 Å². The number of alkyl halides is 3. The number of fused-ring (bicyclic) bond motifs is 2. The predicted molar refractivity (Wildman–Crippen MR) is 126 cm³/mol. The minimum atomic E-state index is -4.53. The second-order valence-electron chi connectivity index (χ2n) is 9.71. The van der Waals surface area contributed by atoms with Crippen molar-refractivity contribution in [3.63, 3.8) is 0 Å². The molecule has 8 nitrogen and oxygen atoms in total. The molecule has 190 valence electrons. The molecule has 3 aromatic rings. The minimum absolute atomic E-state index is 0.0342. The molecule has 5 heterocycles.